The molecular weight excluding hydrogens is 374 g/mol. The van der Waals surface area contributed by atoms with E-state index in [1.807, 2.05) is 0 Å². The topological polar surface area (TPSA) is 81.7 Å². The minimum Gasteiger partial charge on any atom is -0.469 e. The van der Waals surface area contributed by atoms with Crippen molar-refractivity contribution in [2.45, 2.75) is 39.5 Å². The molecule has 1 N–H and O–H groups in total. The van der Waals surface area contributed by atoms with Gasteiger partial charge in [0.25, 0.3) is 0 Å². The smallest absolute Gasteiger partial charge is 0.341 e. The van der Waals surface area contributed by atoms with Crippen LogP contribution in [0.2, 0.25) is 0 Å². The maximum atomic E-state index is 12.4. The van der Waals surface area contributed by atoms with Crippen LogP contribution in [0.15, 0.2) is 0 Å². The first-order valence-corrected chi connectivity index (χ1v) is 10.7. The SMILES string of the molecule is CCOC(=O)c1c(NC(=O)CSCCC(=O)OC)sc2c1CC[C@@H](C)C2. The van der Waals surface area contributed by atoms with E-state index in [0.717, 1.165) is 24.8 Å². The minimum atomic E-state index is -0.367. The Morgan fingerprint density at radius 2 is 2.12 bits per heavy atom. The number of amides is 1. The standard InChI is InChI=1S/C18H25NO5S2/c1-4-24-18(22)16-12-6-5-11(2)9-13(12)26-17(16)19-14(20)10-25-8-7-15(21)23-3/h11H,4-10H2,1-3H3,(H,19,20)/t11-/m1/s1. The molecule has 0 radical (unpaired) electrons. The first kappa shape index (κ1) is 20.8. The molecule has 1 amide bonds. The second kappa shape index (κ2) is 9.97. The minimum absolute atomic E-state index is 0.183. The Labute approximate surface area is 162 Å². The van der Waals surface area contributed by atoms with Crippen molar-refractivity contribution >= 4 is 45.9 Å². The third kappa shape index (κ3) is 5.48. The molecule has 2 rings (SSSR count). The summed E-state index contributed by atoms with van der Waals surface area (Å²) in [6, 6.07) is 0. The molecule has 0 fully saturated rings. The van der Waals surface area contributed by atoms with E-state index in [9.17, 15) is 14.4 Å². The lowest BCUT2D eigenvalue weighted by Crippen LogP contribution is -2.18. The molecule has 0 spiro atoms. The van der Waals surface area contributed by atoms with Crippen molar-refractivity contribution in [3.63, 3.8) is 0 Å². The Kier molecular flexibility index (Phi) is 7.96. The van der Waals surface area contributed by atoms with Gasteiger partial charge >= 0.3 is 11.9 Å². The zero-order valence-electron chi connectivity index (χ0n) is 15.4. The molecule has 0 saturated heterocycles. The predicted octanol–water partition coefficient (Wildman–Crippen LogP) is 3.28. The molecule has 0 aliphatic heterocycles. The number of fused-ring (bicyclic) bond motifs is 1. The van der Waals surface area contributed by atoms with Gasteiger partial charge in [-0.25, -0.2) is 4.79 Å². The van der Waals surface area contributed by atoms with Crippen LogP contribution in [0.25, 0.3) is 0 Å². The van der Waals surface area contributed by atoms with Gasteiger partial charge in [-0.1, -0.05) is 6.92 Å². The molecule has 0 bridgehead atoms. The van der Waals surface area contributed by atoms with Crippen molar-refractivity contribution in [1.82, 2.24) is 0 Å². The van der Waals surface area contributed by atoms with Crippen molar-refractivity contribution in [3.8, 4) is 0 Å². The predicted molar refractivity (Wildman–Crippen MR) is 104 cm³/mol. The van der Waals surface area contributed by atoms with Crippen LogP contribution >= 0.6 is 23.1 Å². The van der Waals surface area contributed by atoms with Crippen molar-refractivity contribution in [2.24, 2.45) is 5.92 Å². The molecule has 1 aromatic rings. The van der Waals surface area contributed by atoms with Crippen LogP contribution < -0.4 is 5.32 Å². The van der Waals surface area contributed by atoms with E-state index in [0.29, 0.717) is 28.8 Å². The zero-order valence-corrected chi connectivity index (χ0v) is 17.0. The molecule has 144 valence electrons. The molecule has 1 aromatic heterocycles. The maximum Gasteiger partial charge on any atom is 0.341 e. The number of thiophene rings is 1. The summed E-state index contributed by atoms with van der Waals surface area (Å²) in [7, 11) is 1.34. The number of carbonyl (C=O) groups is 3. The van der Waals surface area contributed by atoms with E-state index >= 15 is 0 Å². The Bertz CT molecular complexity index is 671. The first-order valence-electron chi connectivity index (χ1n) is 8.72. The Balaban J connectivity index is 2.04. The van der Waals surface area contributed by atoms with Crippen LogP contribution in [0.1, 0.15) is 47.5 Å². The number of thioether (sulfide) groups is 1. The van der Waals surface area contributed by atoms with Crippen LogP contribution in [0.4, 0.5) is 5.00 Å². The average Bonchev–Trinajstić information content (AvgIpc) is 2.95. The number of ether oxygens (including phenoxy) is 2. The lowest BCUT2D eigenvalue weighted by Gasteiger charge is -2.18. The van der Waals surface area contributed by atoms with E-state index in [4.69, 9.17) is 4.74 Å². The zero-order chi connectivity index (χ0) is 19.1. The molecule has 0 saturated carbocycles. The van der Waals surface area contributed by atoms with Crippen LogP contribution in [0.5, 0.6) is 0 Å². The van der Waals surface area contributed by atoms with Crippen molar-refractivity contribution in [2.75, 3.05) is 30.5 Å². The summed E-state index contributed by atoms with van der Waals surface area (Å²) in [5.41, 5.74) is 1.55. The first-order chi connectivity index (χ1) is 12.5. The molecular formula is C18H25NO5S2. The number of anilines is 1. The third-order valence-corrected chi connectivity index (χ3v) is 6.28. The number of carbonyl (C=O) groups excluding carboxylic acids is 3. The number of hydrogen-bond donors (Lipinski definition) is 1. The van der Waals surface area contributed by atoms with E-state index in [2.05, 4.69) is 17.0 Å². The van der Waals surface area contributed by atoms with Gasteiger partial charge in [-0.15, -0.1) is 11.3 Å². The Morgan fingerprint density at radius 1 is 1.35 bits per heavy atom. The summed E-state index contributed by atoms with van der Waals surface area (Å²) < 4.78 is 9.77. The summed E-state index contributed by atoms with van der Waals surface area (Å²) in [5, 5.41) is 3.45. The summed E-state index contributed by atoms with van der Waals surface area (Å²) in [6.45, 7) is 4.27. The van der Waals surface area contributed by atoms with Gasteiger partial charge < -0.3 is 14.8 Å². The third-order valence-electron chi connectivity index (χ3n) is 4.16. The molecule has 1 aliphatic carbocycles. The quantitative estimate of drug-likeness (QED) is 0.534. The molecule has 6 nitrogen and oxygen atoms in total. The van der Waals surface area contributed by atoms with Gasteiger partial charge in [-0.3, -0.25) is 9.59 Å². The lowest BCUT2D eigenvalue weighted by atomic mass is 9.88. The number of nitrogens with one attached hydrogen (secondary N) is 1. The summed E-state index contributed by atoms with van der Waals surface area (Å²) >= 11 is 2.84. The molecule has 1 heterocycles. The highest BCUT2D eigenvalue weighted by atomic mass is 32.2. The second-order valence-corrected chi connectivity index (χ2v) is 8.41. The highest BCUT2D eigenvalue weighted by Crippen LogP contribution is 2.40. The monoisotopic (exact) mass is 399 g/mol. The summed E-state index contributed by atoms with van der Waals surface area (Å²) in [5.74, 6) is 0.475. The van der Waals surface area contributed by atoms with Crippen LogP contribution in [-0.2, 0) is 31.9 Å². The fraction of sp³-hybridized carbons (Fsp3) is 0.611. The fourth-order valence-corrected chi connectivity index (χ4v) is 4.97. The Morgan fingerprint density at radius 3 is 2.81 bits per heavy atom. The normalized spacial score (nSPS) is 15.9. The van der Waals surface area contributed by atoms with Gasteiger partial charge in [-0.2, -0.15) is 11.8 Å². The largest absolute Gasteiger partial charge is 0.469 e. The number of methoxy groups -OCH3 is 1. The highest BCUT2D eigenvalue weighted by Gasteiger charge is 2.29. The molecule has 26 heavy (non-hydrogen) atoms. The van der Waals surface area contributed by atoms with Crippen molar-refractivity contribution in [1.29, 1.82) is 0 Å². The summed E-state index contributed by atoms with van der Waals surface area (Å²) in [4.78, 5) is 36.9. The lowest BCUT2D eigenvalue weighted by molar-refractivity contribution is -0.140. The number of rotatable bonds is 8. The number of hydrogen-bond acceptors (Lipinski definition) is 7. The van der Waals surface area contributed by atoms with E-state index in [1.165, 1.54) is 35.1 Å². The van der Waals surface area contributed by atoms with E-state index < -0.39 is 0 Å². The van der Waals surface area contributed by atoms with Gasteiger partial charge in [0.15, 0.2) is 0 Å². The van der Waals surface area contributed by atoms with E-state index in [-0.39, 0.29) is 30.0 Å². The average molecular weight is 400 g/mol. The highest BCUT2D eigenvalue weighted by molar-refractivity contribution is 7.99. The van der Waals surface area contributed by atoms with Gasteiger partial charge in [0.1, 0.15) is 5.00 Å². The molecule has 1 atom stereocenters. The van der Waals surface area contributed by atoms with E-state index in [1.54, 1.807) is 6.92 Å². The van der Waals surface area contributed by atoms with Crippen LogP contribution in [0, 0.1) is 5.92 Å². The number of esters is 2. The molecule has 1 aliphatic rings. The van der Waals surface area contributed by atoms with Gasteiger partial charge in [0, 0.05) is 10.6 Å². The maximum absolute atomic E-state index is 12.4. The second-order valence-electron chi connectivity index (χ2n) is 6.20. The van der Waals surface area contributed by atoms with Gasteiger partial charge in [-0.05, 0) is 37.7 Å². The molecule has 0 aromatic carbocycles. The fourth-order valence-electron chi connectivity index (χ4n) is 2.84. The van der Waals surface area contributed by atoms with Gasteiger partial charge in [0.2, 0.25) is 5.91 Å². The van der Waals surface area contributed by atoms with Gasteiger partial charge in [0.05, 0.1) is 31.5 Å². The van der Waals surface area contributed by atoms with Crippen LogP contribution in [0.3, 0.4) is 0 Å². The molecule has 0 unspecified atom stereocenters. The van der Waals surface area contributed by atoms with Crippen LogP contribution in [-0.4, -0.2) is 43.1 Å². The summed E-state index contributed by atoms with van der Waals surface area (Å²) in [6.07, 6.45) is 3.07. The Hall–Kier alpha value is -1.54. The van der Waals surface area contributed by atoms with Crippen molar-refractivity contribution < 1.29 is 23.9 Å². The van der Waals surface area contributed by atoms with Crippen molar-refractivity contribution in [3.05, 3.63) is 16.0 Å². The molecule has 8 heteroatoms.